The molecule has 128 valence electrons. The second kappa shape index (κ2) is 4.74. The third kappa shape index (κ3) is 1.75. The topological polar surface area (TPSA) is 58.0 Å². The van der Waals surface area contributed by atoms with Gasteiger partial charge in [0.2, 0.25) is 5.78 Å². The highest BCUT2D eigenvalue weighted by molar-refractivity contribution is 6.46. The molecular formula is C20H24FNO2. The van der Waals surface area contributed by atoms with Crippen molar-refractivity contribution in [2.75, 3.05) is 0 Å². The van der Waals surface area contributed by atoms with Crippen molar-refractivity contribution in [3.05, 3.63) is 24.1 Å². The Kier molecular flexibility index (Phi) is 3.14. The van der Waals surface area contributed by atoms with Gasteiger partial charge >= 0.3 is 0 Å². The average molecular weight is 329 g/mol. The Morgan fingerprint density at radius 2 is 1.96 bits per heavy atom. The number of hydrogen-bond donors (Lipinski definition) is 1. The first-order chi connectivity index (χ1) is 11.2. The van der Waals surface area contributed by atoms with Crippen molar-refractivity contribution in [2.24, 2.45) is 34.5 Å². The highest BCUT2D eigenvalue weighted by Crippen LogP contribution is 2.65. The van der Waals surface area contributed by atoms with Crippen LogP contribution in [0.25, 0.3) is 0 Å². The molecule has 0 saturated heterocycles. The number of halogens is 1. The SMILES string of the molecule is C=C1C[C@@H]2[C@H](CC[C@]3(C)C(=O)CC[C@@H]23)[C@@]2(C)C=C(F)C(=O)C(=N)C12. The number of rotatable bonds is 0. The molecule has 0 bridgehead atoms. The van der Waals surface area contributed by atoms with E-state index in [1.807, 2.05) is 6.92 Å². The van der Waals surface area contributed by atoms with Crippen molar-refractivity contribution in [3.63, 3.8) is 0 Å². The van der Waals surface area contributed by atoms with Crippen molar-refractivity contribution < 1.29 is 14.0 Å². The summed E-state index contributed by atoms with van der Waals surface area (Å²) in [6.45, 7) is 8.26. The van der Waals surface area contributed by atoms with Crippen molar-refractivity contribution in [3.8, 4) is 0 Å². The van der Waals surface area contributed by atoms with E-state index in [2.05, 4.69) is 13.5 Å². The van der Waals surface area contributed by atoms with E-state index in [1.54, 1.807) is 0 Å². The monoisotopic (exact) mass is 329 g/mol. The van der Waals surface area contributed by atoms with Gasteiger partial charge < -0.3 is 5.41 Å². The zero-order valence-electron chi connectivity index (χ0n) is 14.3. The lowest BCUT2D eigenvalue weighted by Gasteiger charge is -2.58. The molecule has 4 heteroatoms. The van der Waals surface area contributed by atoms with E-state index in [0.29, 0.717) is 24.0 Å². The number of nitrogens with one attached hydrogen (secondary N) is 1. The number of Topliss-reactive ketones (excluding diaryl/α,β-unsaturated/α-hetero) is 2. The number of carbonyl (C=O) groups excluding carboxylic acids is 2. The van der Waals surface area contributed by atoms with Gasteiger partial charge in [0.05, 0.1) is 5.71 Å². The summed E-state index contributed by atoms with van der Waals surface area (Å²) < 4.78 is 14.2. The zero-order valence-corrected chi connectivity index (χ0v) is 14.3. The van der Waals surface area contributed by atoms with Crippen LogP contribution in [0.4, 0.5) is 4.39 Å². The fourth-order valence-electron chi connectivity index (χ4n) is 6.49. The molecule has 1 N–H and O–H groups in total. The van der Waals surface area contributed by atoms with Gasteiger partial charge in [0.25, 0.3) is 0 Å². The van der Waals surface area contributed by atoms with Crippen LogP contribution >= 0.6 is 0 Å². The summed E-state index contributed by atoms with van der Waals surface area (Å²) in [7, 11) is 0. The summed E-state index contributed by atoms with van der Waals surface area (Å²) in [6.07, 6.45) is 5.48. The summed E-state index contributed by atoms with van der Waals surface area (Å²) in [4.78, 5) is 24.4. The molecule has 0 aromatic carbocycles. The third-order valence-corrected chi connectivity index (χ3v) is 7.66. The molecule has 0 radical (unpaired) electrons. The van der Waals surface area contributed by atoms with E-state index in [9.17, 15) is 14.0 Å². The first-order valence-electron chi connectivity index (χ1n) is 8.92. The van der Waals surface area contributed by atoms with Crippen molar-refractivity contribution >= 4 is 17.3 Å². The molecule has 0 amide bonds. The maximum atomic E-state index is 14.2. The van der Waals surface area contributed by atoms with Crippen LogP contribution in [0.5, 0.6) is 0 Å². The molecule has 0 heterocycles. The molecule has 4 rings (SSSR count). The van der Waals surface area contributed by atoms with Gasteiger partial charge in [0.15, 0.2) is 5.83 Å². The first kappa shape index (κ1) is 15.9. The van der Waals surface area contributed by atoms with E-state index in [4.69, 9.17) is 5.41 Å². The van der Waals surface area contributed by atoms with Gasteiger partial charge in [0.1, 0.15) is 5.78 Å². The fraction of sp³-hybridized carbons (Fsp3) is 0.650. The Morgan fingerprint density at radius 1 is 1.25 bits per heavy atom. The van der Waals surface area contributed by atoms with Gasteiger partial charge in [-0.3, -0.25) is 9.59 Å². The lowest BCUT2D eigenvalue weighted by molar-refractivity contribution is -0.132. The summed E-state index contributed by atoms with van der Waals surface area (Å²) in [5, 5.41) is 8.18. The minimum atomic E-state index is -0.789. The summed E-state index contributed by atoms with van der Waals surface area (Å²) in [5.74, 6) is -0.757. The van der Waals surface area contributed by atoms with Crippen molar-refractivity contribution in [1.29, 1.82) is 5.41 Å². The Bertz CT molecular complexity index is 723. The summed E-state index contributed by atoms with van der Waals surface area (Å²) >= 11 is 0. The van der Waals surface area contributed by atoms with Crippen LogP contribution in [-0.2, 0) is 9.59 Å². The number of hydrogen-bond acceptors (Lipinski definition) is 3. The van der Waals surface area contributed by atoms with Crippen LogP contribution in [-0.4, -0.2) is 17.3 Å². The largest absolute Gasteiger partial charge is 0.300 e. The minimum absolute atomic E-state index is 0.142. The maximum absolute atomic E-state index is 14.2. The van der Waals surface area contributed by atoms with Crippen LogP contribution in [0.1, 0.15) is 46.0 Å². The minimum Gasteiger partial charge on any atom is -0.300 e. The normalized spacial score (nSPS) is 47.9. The van der Waals surface area contributed by atoms with Crippen LogP contribution < -0.4 is 0 Å². The maximum Gasteiger partial charge on any atom is 0.235 e. The second-order valence-electron chi connectivity index (χ2n) is 8.69. The fourth-order valence-corrected chi connectivity index (χ4v) is 6.49. The van der Waals surface area contributed by atoms with E-state index in [-0.39, 0.29) is 23.0 Å². The van der Waals surface area contributed by atoms with Gasteiger partial charge in [-0.05, 0) is 49.5 Å². The molecule has 6 atom stereocenters. The molecule has 3 nitrogen and oxygen atoms in total. The molecule has 3 saturated carbocycles. The molecule has 24 heavy (non-hydrogen) atoms. The number of allylic oxidation sites excluding steroid dienone is 3. The van der Waals surface area contributed by atoms with E-state index < -0.39 is 17.0 Å². The predicted octanol–water partition coefficient (Wildman–Crippen LogP) is 4.04. The van der Waals surface area contributed by atoms with Gasteiger partial charge in [-0.1, -0.05) is 26.0 Å². The molecular weight excluding hydrogens is 305 g/mol. The van der Waals surface area contributed by atoms with Gasteiger partial charge in [0, 0.05) is 23.2 Å². The van der Waals surface area contributed by atoms with Crippen molar-refractivity contribution in [1.82, 2.24) is 0 Å². The van der Waals surface area contributed by atoms with E-state index in [1.165, 1.54) is 6.08 Å². The number of ketones is 2. The van der Waals surface area contributed by atoms with Crippen LogP contribution in [0, 0.1) is 39.9 Å². The molecule has 4 aliphatic rings. The van der Waals surface area contributed by atoms with Gasteiger partial charge in [-0.15, -0.1) is 0 Å². The molecule has 0 aromatic rings. The van der Waals surface area contributed by atoms with E-state index >= 15 is 0 Å². The molecule has 0 aromatic heterocycles. The Labute approximate surface area is 141 Å². The highest BCUT2D eigenvalue weighted by Gasteiger charge is 2.62. The quantitative estimate of drug-likeness (QED) is 0.682. The summed E-state index contributed by atoms with van der Waals surface area (Å²) in [6, 6.07) is 0. The molecule has 4 aliphatic carbocycles. The highest BCUT2D eigenvalue weighted by atomic mass is 19.1. The van der Waals surface area contributed by atoms with Crippen LogP contribution in [0.15, 0.2) is 24.1 Å². The number of carbonyl (C=O) groups is 2. The molecule has 3 fully saturated rings. The first-order valence-corrected chi connectivity index (χ1v) is 8.92. The standard InChI is InChI=1S/C20H24FNO2/c1-10-8-11-12-4-5-15(23)19(12,2)7-6-13(11)20(3)9-14(21)18(24)17(22)16(10)20/h9,11-13,16,22H,1,4-8H2,2-3H3/t11-,12-,13-,16?,19-,20+/m0/s1. The molecule has 1 unspecified atom stereocenters. The third-order valence-electron chi connectivity index (χ3n) is 7.66. The van der Waals surface area contributed by atoms with Crippen LogP contribution in [0.2, 0.25) is 0 Å². The Hall–Kier alpha value is -1.58. The van der Waals surface area contributed by atoms with Crippen molar-refractivity contribution in [2.45, 2.75) is 46.0 Å². The Balaban J connectivity index is 1.81. The smallest absolute Gasteiger partial charge is 0.235 e. The summed E-state index contributed by atoms with van der Waals surface area (Å²) in [5.41, 5.74) is -0.0892. The lowest BCUT2D eigenvalue weighted by atomic mass is 9.45. The average Bonchev–Trinajstić information content (AvgIpc) is 2.80. The number of fused-ring (bicyclic) bond motifs is 5. The van der Waals surface area contributed by atoms with Crippen LogP contribution in [0.3, 0.4) is 0 Å². The van der Waals surface area contributed by atoms with Gasteiger partial charge in [-0.2, -0.15) is 0 Å². The molecule has 0 spiro atoms. The Morgan fingerprint density at radius 3 is 2.67 bits per heavy atom. The van der Waals surface area contributed by atoms with Gasteiger partial charge in [-0.25, -0.2) is 4.39 Å². The van der Waals surface area contributed by atoms with E-state index in [0.717, 1.165) is 31.3 Å². The molecule has 0 aliphatic heterocycles. The second-order valence-corrected chi connectivity index (χ2v) is 8.69. The predicted molar refractivity (Wildman–Crippen MR) is 89.3 cm³/mol. The zero-order chi connectivity index (χ0) is 17.4. The lowest BCUT2D eigenvalue weighted by Crippen LogP contribution is -2.55.